The number of thiazole rings is 1. The van der Waals surface area contributed by atoms with Gasteiger partial charge in [0.15, 0.2) is 10.8 Å². The van der Waals surface area contributed by atoms with Crippen LogP contribution in [0.1, 0.15) is 12.6 Å². The molecule has 2 rings (SSSR count). The molecule has 2 atom stereocenters. The number of rotatable bonds is 8. The van der Waals surface area contributed by atoms with Crippen molar-refractivity contribution in [3.05, 3.63) is 11.1 Å². The standard InChI is InChI=1S/C14H16ClN5O6S/c1-6(21)26-4-7-10(12(23)16-7)19-13(24)11(20-25-2)8-5-27-14(17-8)18-9(22)3-15/h5,7,10H,3-4H2,1-2H3,(H,16,23)(H,19,24)(H,17,18,22)/t7-,10-/m1/s1. The Bertz CT molecular complexity index is 782. The maximum atomic E-state index is 12.5. The minimum Gasteiger partial charge on any atom is -0.464 e. The Hall–Kier alpha value is -2.73. The lowest BCUT2D eigenvalue weighted by Gasteiger charge is -2.36. The van der Waals surface area contributed by atoms with Crippen molar-refractivity contribution in [1.82, 2.24) is 15.6 Å². The molecule has 1 aromatic rings. The van der Waals surface area contributed by atoms with E-state index in [0.29, 0.717) is 0 Å². The summed E-state index contributed by atoms with van der Waals surface area (Å²) in [6.45, 7) is 1.16. The molecule has 1 aromatic heterocycles. The van der Waals surface area contributed by atoms with E-state index in [4.69, 9.17) is 16.3 Å². The second-order valence-electron chi connectivity index (χ2n) is 5.21. The Morgan fingerprint density at radius 1 is 1.44 bits per heavy atom. The number of alkyl halides is 1. The fraction of sp³-hybridized carbons (Fsp3) is 0.429. The number of nitrogens with one attached hydrogen (secondary N) is 3. The van der Waals surface area contributed by atoms with Gasteiger partial charge in [-0.2, -0.15) is 0 Å². The van der Waals surface area contributed by atoms with E-state index in [1.807, 2.05) is 0 Å². The summed E-state index contributed by atoms with van der Waals surface area (Å²) < 4.78 is 4.83. The summed E-state index contributed by atoms with van der Waals surface area (Å²) in [5.74, 6) is -2.34. The van der Waals surface area contributed by atoms with Gasteiger partial charge in [0.25, 0.3) is 5.91 Å². The van der Waals surface area contributed by atoms with Gasteiger partial charge in [-0.3, -0.25) is 19.2 Å². The Kier molecular flexibility index (Phi) is 7.07. The SMILES string of the molecule is CON=C(C(=O)N[C@H]1C(=O)N[C@@H]1COC(C)=O)c1csc(NC(=O)CCl)n1. The van der Waals surface area contributed by atoms with E-state index in [1.54, 1.807) is 0 Å². The summed E-state index contributed by atoms with van der Waals surface area (Å²) in [5.41, 5.74) is -0.0495. The summed E-state index contributed by atoms with van der Waals surface area (Å²) >= 11 is 6.47. The van der Waals surface area contributed by atoms with Crippen LogP contribution in [0.3, 0.4) is 0 Å². The van der Waals surface area contributed by atoms with Gasteiger partial charge in [-0.1, -0.05) is 5.16 Å². The molecule has 3 N–H and O–H groups in total. The van der Waals surface area contributed by atoms with Crippen molar-refractivity contribution in [2.24, 2.45) is 5.16 Å². The molecule has 0 aromatic carbocycles. The number of aromatic nitrogens is 1. The van der Waals surface area contributed by atoms with E-state index < -0.39 is 35.8 Å². The second kappa shape index (κ2) is 9.28. The van der Waals surface area contributed by atoms with Crippen LogP contribution in [0.2, 0.25) is 0 Å². The number of oxime groups is 1. The lowest BCUT2D eigenvalue weighted by atomic mass is 9.99. The van der Waals surface area contributed by atoms with Crippen LogP contribution in [0, 0.1) is 0 Å². The van der Waals surface area contributed by atoms with Gasteiger partial charge in [-0.05, 0) is 0 Å². The molecule has 1 aliphatic rings. The first-order valence-corrected chi connectivity index (χ1v) is 8.94. The minimum absolute atomic E-state index is 0.0753. The number of esters is 1. The maximum absolute atomic E-state index is 12.5. The summed E-state index contributed by atoms with van der Waals surface area (Å²) in [6.07, 6.45) is 0. The molecule has 0 radical (unpaired) electrons. The molecule has 3 amide bonds. The molecule has 1 saturated heterocycles. The molecular weight excluding hydrogens is 402 g/mol. The monoisotopic (exact) mass is 417 g/mol. The third-order valence-electron chi connectivity index (χ3n) is 3.28. The highest BCUT2D eigenvalue weighted by atomic mass is 35.5. The molecule has 0 bridgehead atoms. The number of nitrogens with zero attached hydrogens (tertiary/aromatic N) is 2. The molecule has 27 heavy (non-hydrogen) atoms. The number of halogens is 1. The highest BCUT2D eigenvalue weighted by Crippen LogP contribution is 2.17. The van der Waals surface area contributed by atoms with Crippen molar-refractivity contribution in [2.75, 3.05) is 24.9 Å². The van der Waals surface area contributed by atoms with Gasteiger partial charge < -0.3 is 25.5 Å². The van der Waals surface area contributed by atoms with Crippen molar-refractivity contribution in [3.8, 4) is 0 Å². The predicted molar refractivity (Wildman–Crippen MR) is 95.5 cm³/mol. The van der Waals surface area contributed by atoms with Gasteiger partial charge in [0.05, 0.1) is 6.04 Å². The van der Waals surface area contributed by atoms with Crippen molar-refractivity contribution < 1.29 is 28.8 Å². The normalized spacial score (nSPS) is 18.8. The maximum Gasteiger partial charge on any atom is 0.302 e. The van der Waals surface area contributed by atoms with E-state index in [9.17, 15) is 19.2 Å². The van der Waals surface area contributed by atoms with E-state index in [-0.39, 0.29) is 29.0 Å². The van der Waals surface area contributed by atoms with E-state index in [2.05, 4.69) is 30.9 Å². The van der Waals surface area contributed by atoms with Crippen LogP contribution < -0.4 is 16.0 Å². The van der Waals surface area contributed by atoms with Crippen molar-refractivity contribution >= 4 is 57.5 Å². The molecule has 0 unspecified atom stereocenters. The van der Waals surface area contributed by atoms with Gasteiger partial charge in [-0.25, -0.2) is 4.98 Å². The van der Waals surface area contributed by atoms with Gasteiger partial charge in [0, 0.05) is 12.3 Å². The summed E-state index contributed by atoms with van der Waals surface area (Å²) in [6, 6.07) is -1.45. The van der Waals surface area contributed by atoms with Crippen molar-refractivity contribution in [1.29, 1.82) is 0 Å². The van der Waals surface area contributed by atoms with Crippen molar-refractivity contribution in [3.63, 3.8) is 0 Å². The van der Waals surface area contributed by atoms with Crippen LogP contribution in [0.4, 0.5) is 5.13 Å². The summed E-state index contributed by atoms with van der Waals surface area (Å²) in [5, 5.41) is 12.8. The van der Waals surface area contributed by atoms with Gasteiger partial charge in [-0.15, -0.1) is 22.9 Å². The lowest BCUT2D eigenvalue weighted by molar-refractivity contribution is -0.147. The van der Waals surface area contributed by atoms with Crippen molar-refractivity contribution in [2.45, 2.75) is 19.0 Å². The first-order valence-electron chi connectivity index (χ1n) is 7.53. The van der Waals surface area contributed by atoms with Gasteiger partial charge in [0.2, 0.25) is 11.8 Å². The topological polar surface area (TPSA) is 148 Å². The van der Waals surface area contributed by atoms with Crippen LogP contribution in [0.15, 0.2) is 10.5 Å². The zero-order valence-corrected chi connectivity index (χ0v) is 15.8. The fourth-order valence-corrected chi connectivity index (χ4v) is 2.83. The molecule has 1 aliphatic heterocycles. The number of carbonyl (C=O) groups is 4. The molecule has 0 aliphatic carbocycles. The zero-order chi connectivity index (χ0) is 20.0. The molecule has 2 heterocycles. The first kappa shape index (κ1) is 20.6. The summed E-state index contributed by atoms with van der Waals surface area (Å²) in [7, 11) is 1.25. The largest absolute Gasteiger partial charge is 0.464 e. The third-order valence-corrected chi connectivity index (χ3v) is 4.28. The van der Waals surface area contributed by atoms with Gasteiger partial charge in [0.1, 0.15) is 31.3 Å². The number of anilines is 1. The van der Waals surface area contributed by atoms with Crippen LogP contribution in [0.25, 0.3) is 0 Å². The number of β-lactam (4-membered cyclic amide) rings is 1. The molecular formula is C14H16ClN5O6S. The zero-order valence-electron chi connectivity index (χ0n) is 14.3. The molecule has 146 valence electrons. The Balaban J connectivity index is 2.07. The molecule has 11 nitrogen and oxygen atoms in total. The summed E-state index contributed by atoms with van der Waals surface area (Å²) in [4.78, 5) is 55.1. The molecule has 13 heteroatoms. The smallest absolute Gasteiger partial charge is 0.302 e. The predicted octanol–water partition coefficient (Wildman–Crippen LogP) is -0.783. The Morgan fingerprint density at radius 2 is 2.19 bits per heavy atom. The Morgan fingerprint density at radius 3 is 2.78 bits per heavy atom. The van der Waals surface area contributed by atoms with E-state index >= 15 is 0 Å². The van der Waals surface area contributed by atoms with Crippen LogP contribution in [0.5, 0.6) is 0 Å². The van der Waals surface area contributed by atoms with E-state index in [0.717, 1.165) is 11.3 Å². The fourth-order valence-electron chi connectivity index (χ4n) is 2.05. The molecule has 0 spiro atoms. The average Bonchev–Trinajstić information content (AvgIpc) is 3.08. The Labute approximate surface area is 162 Å². The third kappa shape index (κ3) is 5.37. The minimum atomic E-state index is -0.895. The van der Waals surface area contributed by atoms with Crippen LogP contribution in [-0.4, -0.2) is 66.1 Å². The number of ether oxygens (including phenoxy) is 1. The first-order chi connectivity index (χ1) is 12.8. The highest BCUT2D eigenvalue weighted by Gasteiger charge is 2.42. The number of amides is 3. The van der Waals surface area contributed by atoms with Gasteiger partial charge >= 0.3 is 5.97 Å². The molecule has 1 fully saturated rings. The quantitative estimate of drug-likeness (QED) is 0.165. The van der Waals surface area contributed by atoms with Crippen LogP contribution >= 0.6 is 22.9 Å². The van der Waals surface area contributed by atoms with E-state index in [1.165, 1.54) is 19.4 Å². The number of carbonyl (C=O) groups excluding carboxylic acids is 4. The number of hydrogen-bond donors (Lipinski definition) is 3. The lowest BCUT2D eigenvalue weighted by Crippen LogP contribution is -2.71. The van der Waals surface area contributed by atoms with Crippen LogP contribution in [-0.2, 0) is 28.8 Å². The second-order valence-corrected chi connectivity index (χ2v) is 6.34. The average molecular weight is 418 g/mol. The highest BCUT2D eigenvalue weighted by molar-refractivity contribution is 7.14. The molecule has 0 saturated carbocycles. The number of hydrogen-bond acceptors (Lipinski definition) is 9.